The van der Waals surface area contributed by atoms with Crippen molar-refractivity contribution in [1.82, 2.24) is 10.6 Å². The molecule has 0 spiro atoms. The highest BCUT2D eigenvalue weighted by atomic mass is 35.5. The van der Waals surface area contributed by atoms with Crippen LogP contribution in [0.4, 0.5) is 0 Å². The Morgan fingerprint density at radius 1 is 1.21 bits per heavy atom. The molecule has 6 heteroatoms. The summed E-state index contributed by atoms with van der Waals surface area (Å²) in [7, 11) is 1.67. The summed E-state index contributed by atoms with van der Waals surface area (Å²) >= 11 is 0. The highest BCUT2D eigenvalue weighted by Crippen LogP contribution is 2.35. The Balaban J connectivity index is 0.00000280. The molecule has 1 aromatic carbocycles. The Morgan fingerprint density at radius 2 is 1.93 bits per heavy atom. The molecule has 2 fully saturated rings. The number of piperidine rings is 1. The molecule has 2 N–H and O–H groups in total. The second kappa shape index (κ2) is 11.5. The van der Waals surface area contributed by atoms with Gasteiger partial charge in [0.05, 0.1) is 13.2 Å². The highest BCUT2D eigenvalue weighted by Gasteiger charge is 2.23. The first-order chi connectivity index (χ1) is 13.2. The van der Waals surface area contributed by atoms with Gasteiger partial charge in [-0.25, -0.2) is 0 Å². The van der Waals surface area contributed by atoms with E-state index < -0.39 is 0 Å². The summed E-state index contributed by atoms with van der Waals surface area (Å²) in [6.45, 7) is 4.83. The predicted octanol–water partition coefficient (Wildman–Crippen LogP) is 4.08. The maximum atomic E-state index is 12.5. The predicted molar refractivity (Wildman–Crippen MR) is 114 cm³/mol. The number of halogens is 1. The van der Waals surface area contributed by atoms with Gasteiger partial charge in [-0.3, -0.25) is 4.79 Å². The molecule has 0 aromatic heterocycles. The molecule has 1 heterocycles. The number of hydrogen-bond donors (Lipinski definition) is 2. The van der Waals surface area contributed by atoms with Crippen molar-refractivity contribution >= 4 is 18.3 Å². The molecule has 3 rings (SSSR count). The normalized spacial score (nSPS) is 18.9. The van der Waals surface area contributed by atoms with Crippen LogP contribution in [-0.2, 0) is 11.3 Å². The Labute approximate surface area is 175 Å². The lowest BCUT2D eigenvalue weighted by Gasteiger charge is -2.28. The van der Waals surface area contributed by atoms with Crippen molar-refractivity contribution in [2.24, 2.45) is 11.8 Å². The van der Waals surface area contributed by atoms with Crippen LogP contribution in [0.1, 0.15) is 57.4 Å². The van der Waals surface area contributed by atoms with Gasteiger partial charge in [0, 0.05) is 18.5 Å². The van der Waals surface area contributed by atoms with Gasteiger partial charge in [0.25, 0.3) is 0 Å². The number of rotatable bonds is 8. The first kappa shape index (κ1) is 22.8. The van der Waals surface area contributed by atoms with Gasteiger partial charge < -0.3 is 20.1 Å². The van der Waals surface area contributed by atoms with E-state index in [0.717, 1.165) is 43.0 Å². The first-order valence-corrected chi connectivity index (χ1v) is 10.5. The van der Waals surface area contributed by atoms with E-state index >= 15 is 0 Å². The molecule has 1 unspecified atom stereocenters. The number of carbonyl (C=O) groups is 1. The first-order valence-electron chi connectivity index (χ1n) is 10.5. The van der Waals surface area contributed by atoms with E-state index in [2.05, 4.69) is 17.6 Å². The average Bonchev–Trinajstić information content (AvgIpc) is 3.21. The number of ether oxygens (including phenoxy) is 2. The summed E-state index contributed by atoms with van der Waals surface area (Å²) in [6, 6.07) is 5.90. The van der Waals surface area contributed by atoms with Gasteiger partial charge in [0.2, 0.25) is 5.91 Å². The molecular formula is C22H35ClN2O3. The van der Waals surface area contributed by atoms with Crippen molar-refractivity contribution < 1.29 is 14.3 Å². The third-order valence-corrected chi connectivity index (χ3v) is 6.04. The maximum Gasteiger partial charge on any atom is 0.220 e. The van der Waals surface area contributed by atoms with Gasteiger partial charge in [0.1, 0.15) is 0 Å². The summed E-state index contributed by atoms with van der Waals surface area (Å²) in [5.74, 6) is 2.73. The van der Waals surface area contributed by atoms with Crippen LogP contribution in [0.25, 0.3) is 0 Å². The van der Waals surface area contributed by atoms with E-state index in [1.165, 1.54) is 25.7 Å². The van der Waals surface area contributed by atoms with Gasteiger partial charge in [-0.05, 0) is 69.5 Å². The van der Waals surface area contributed by atoms with Crippen LogP contribution in [-0.4, -0.2) is 32.2 Å². The molecule has 0 bridgehead atoms. The van der Waals surface area contributed by atoms with Gasteiger partial charge in [-0.2, -0.15) is 0 Å². The van der Waals surface area contributed by atoms with E-state index in [4.69, 9.17) is 9.47 Å². The number of methoxy groups -OCH3 is 1. The summed E-state index contributed by atoms with van der Waals surface area (Å²) < 4.78 is 11.8. The number of carbonyl (C=O) groups excluding carboxylic acids is 1. The fraction of sp³-hybridized carbons (Fsp3) is 0.682. The second-order valence-corrected chi connectivity index (χ2v) is 8.02. The topological polar surface area (TPSA) is 59.6 Å². The molecule has 1 saturated carbocycles. The van der Waals surface area contributed by atoms with Crippen molar-refractivity contribution in [3.63, 3.8) is 0 Å². The van der Waals surface area contributed by atoms with Crippen molar-refractivity contribution in [3.8, 4) is 11.5 Å². The van der Waals surface area contributed by atoms with Crippen LogP contribution in [0.2, 0.25) is 0 Å². The van der Waals surface area contributed by atoms with Crippen LogP contribution >= 0.6 is 12.4 Å². The number of para-hydroxylation sites is 1. The van der Waals surface area contributed by atoms with Gasteiger partial charge in [-0.15, -0.1) is 12.4 Å². The SMILES string of the molecule is COc1cccc(CNC(=O)CC(C)C2CCNCC2)c1OC1CCCC1.Cl. The zero-order chi connectivity index (χ0) is 19.1. The van der Waals surface area contributed by atoms with E-state index in [1.54, 1.807) is 7.11 Å². The van der Waals surface area contributed by atoms with Gasteiger partial charge >= 0.3 is 0 Å². The Morgan fingerprint density at radius 3 is 2.61 bits per heavy atom. The van der Waals surface area contributed by atoms with Crippen LogP contribution in [0.3, 0.4) is 0 Å². The molecule has 5 nitrogen and oxygen atoms in total. The minimum absolute atomic E-state index is 0. The van der Waals surface area contributed by atoms with E-state index in [-0.39, 0.29) is 24.4 Å². The van der Waals surface area contributed by atoms with Crippen molar-refractivity contribution in [1.29, 1.82) is 0 Å². The zero-order valence-electron chi connectivity index (χ0n) is 17.2. The minimum atomic E-state index is 0. The summed E-state index contributed by atoms with van der Waals surface area (Å²) in [4.78, 5) is 12.5. The molecule has 158 valence electrons. The van der Waals surface area contributed by atoms with Crippen LogP contribution < -0.4 is 20.1 Å². The average molecular weight is 411 g/mol. The van der Waals surface area contributed by atoms with Crippen LogP contribution in [0.15, 0.2) is 18.2 Å². The Hall–Kier alpha value is -1.46. The molecule has 1 aromatic rings. The molecule has 1 aliphatic carbocycles. The summed E-state index contributed by atoms with van der Waals surface area (Å²) in [5.41, 5.74) is 0.990. The van der Waals surface area contributed by atoms with Gasteiger partial charge in [0.15, 0.2) is 11.5 Å². The lowest BCUT2D eigenvalue weighted by atomic mass is 9.84. The zero-order valence-corrected chi connectivity index (χ0v) is 18.0. The lowest BCUT2D eigenvalue weighted by Crippen LogP contribution is -2.33. The molecule has 0 radical (unpaired) electrons. The molecule has 1 aliphatic heterocycles. The number of amides is 1. The van der Waals surface area contributed by atoms with E-state index in [0.29, 0.717) is 24.8 Å². The lowest BCUT2D eigenvalue weighted by molar-refractivity contribution is -0.122. The standard InChI is InChI=1S/C22H34N2O3.ClH/c1-16(17-10-12-23-13-11-17)14-21(25)24-15-18-6-5-9-20(26-2)22(18)27-19-7-3-4-8-19;/h5-6,9,16-17,19,23H,3-4,7-8,10-15H2,1-2H3,(H,24,25);1H. The van der Waals surface area contributed by atoms with Crippen molar-refractivity contribution in [2.45, 2.75) is 64.5 Å². The number of nitrogens with one attached hydrogen (secondary N) is 2. The third kappa shape index (κ3) is 6.28. The minimum Gasteiger partial charge on any atom is -0.493 e. The molecule has 1 atom stereocenters. The van der Waals surface area contributed by atoms with E-state index in [9.17, 15) is 4.79 Å². The fourth-order valence-corrected chi connectivity index (χ4v) is 4.31. The van der Waals surface area contributed by atoms with Crippen LogP contribution in [0, 0.1) is 11.8 Å². The number of benzene rings is 1. The van der Waals surface area contributed by atoms with Crippen molar-refractivity contribution in [3.05, 3.63) is 23.8 Å². The fourth-order valence-electron chi connectivity index (χ4n) is 4.31. The molecule has 1 amide bonds. The number of hydrogen-bond acceptors (Lipinski definition) is 4. The molecule has 2 aliphatic rings. The van der Waals surface area contributed by atoms with Crippen LogP contribution in [0.5, 0.6) is 11.5 Å². The summed E-state index contributed by atoms with van der Waals surface area (Å²) in [5, 5.41) is 6.49. The van der Waals surface area contributed by atoms with Crippen molar-refractivity contribution in [2.75, 3.05) is 20.2 Å². The molecule has 28 heavy (non-hydrogen) atoms. The largest absolute Gasteiger partial charge is 0.493 e. The monoisotopic (exact) mass is 410 g/mol. The quantitative estimate of drug-likeness (QED) is 0.677. The maximum absolute atomic E-state index is 12.5. The summed E-state index contributed by atoms with van der Waals surface area (Å²) in [6.07, 6.45) is 7.83. The van der Waals surface area contributed by atoms with E-state index in [1.807, 2.05) is 18.2 Å². The Kier molecular flexibility index (Phi) is 9.39. The Bertz CT molecular complexity index is 614. The smallest absolute Gasteiger partial charge is 0.220 e. The molecule has 1 saturated heterocycles. The highest BCUT2D eigenvalue weighted by molar-refractivity contribution is 5.85. The van der Waals surface area contributed by atoms with Gasteiger partial charge in [-0.1, -0.05) is 19.1 Å². The third-order valence-electron chi connectivity index (χ3n) is 6.04. The second-order valence-electron chi connectivity index (χ2n) is 8.02. The molecular weight excluding hydrogens is 376 g/mol.